The maximum absolute atomic E-state index is 12.3. The summed E-state index contributed by atoms with van der Waals surface area (Å²) in [7, 11) is 0. The average Bonchev–Trinajstić information content (AvgIpc) is 2.66. The minimum absolute atomic E-state index is 0.207. The van der Waals surface area contributed by atoms with Crippen molar-refractivity contribution in [2.24, 2.45) is 0 Å². The van der Waals surface area contributed by atoms with Gasteiger partial charge in [-0.25, -0.2) is 4.90 Å². The fourth-order valence-corrected chi connectivity index (χ4v) is 2.84. The van der Waals surface area contributed by atoms with Crippen molar-refractivity contribution in [3.05, 3.63) is 55.8 Å². The van der Waals surface area contributed by atoms with Crippen LogP contribution in [0.15, 0.2) is 41.0 Å². The number of imide groups is 1. The summed E-state index contributed by atoms with van der Waals surface area (Å²) >= 11 is 5.51. The molecule has 0 aliphatic carbocycles. The Morgan fingerprint density at radius 3 is 2.68 bits per heavy atom. The molecular formula is C13H6BrIN2O2. The van der Waals surface area contributed by atoms with E-state index >= 15 is 0 Å². The SMILES string of the molecule is O=C1c2cccnc2C(=O)N1c1cc(I)ccc1Br. The minimum Gasteiger partial charge on any atom is -0.268 e. The van der Waals surface area contributed by atoms with E-state index in [-0.39, 0.29) is 17.5 Å². The fourth-order valence-electron chi connectivity index (χ4n) is 1.94. The van der Waals surface area contributed by atoms with Crippen LogP contribution in [-0.2, 0) is 0 Å². The minimum atomic E-state index is -0.386. The van der Waals surface area contributed by atoms with E-state index in [4.69, 9.17) is 0 Å². The van der Waals surface area contributed by atoms with Crippen LogP contribution in [0, 0.1) is 3.57 Å². The summed E-state index contributed by atoms with van der Waals surface area (Å²) in [6, 6.07) is 8.76. The van der Waals surface area contributed by atoms with Crippen molar-refractivity contribution in [1.29, 1.82) is 0 Å². The molecule has 4 nitrogen and oxygen atoms in total. The summed E-state index contributed by atoms with van der Waals surface area (Å²) in [6.45, 7) is 0. The van der Waals surface area contributed by atoms with E-state index in [1.54, 1.807) is 18.2 Å². The molecule has 1 aromatic heterocycles. The van der Waals surface area contributed by atoms with Gasteiger partial charge < -0.3 is 0 Å². The number of fused-ring (bicyclic) bond motifs is 1. The zero-order valence-electron chi connectivity index (χ0n) is 9.43. The van der Waals surface area contributed by atoms with Gasteiger partial charge in [-0.2, -0.15) is 0 Å². The maximum atomic E-state index is 12.3. The molecule has 3 rings (SSSR count). The lowest BCUT2D eigenvalue weighted by Gasteiger charge is -2.15. The molecule has 0 radical (unpaired) electrons. The smallest absolute Gasteiger partial charge is 0.268 e. The lowest BCUT2D eigenvalue weighted by Crippen LogP contribution is -2.29. The van der Waals surface area contributed by atoms with Gasteiger partial charge in [-0.05, 0) is 68.9 Å². The highest BCUT2D eigenvalue weighted by Crippen LogP contribution is 2.33. The van der Waals surface area contributed by atoms with Gasteiger partial charge in [0.1, 0.15) is 5.69 Å². The van der Waals surface area contributed by atoms with Crippen LogP contribution in [0.25, 0.3) is 0 Å². The number of nitrogens with zero attached hydrogens (tertiary/aromatic N) is 2. The highest BCUT2D eigenvalue weighted by molar-refractivity contribution is 14.1. The number of hydrogen-bond acceptors (Lipinski definition) is 3. The summed E-state index contributed by atoms with van der Waals surface area (Å²) in [6.07, 6.45) is 1.51. The molecule has 0 saturated carbocycles. The Kier molecular flexibility index (Phi) is 3.14. The molecule has 1 aliphatic heterocycles. The van der Waals surface area contributed by atoms with E-state index < -0.39 is 0 Å². The molecule has 2 heterocycles. The number of carbonyl (C=O) groups excluding carboxylic acids is 2. The number of hydrogen-bond donors (Lipinski definition) is 0. The van der Waals surface area contributed by atoms with Gasteiger partial charge in [0.25, 0.3) is 11.8 Å². The predicted molar refractivity (Wildman–Crippen MR) is 82.2 cm³/mol. The van der Waals surface area contributed by atoms with Gasteiger partial charge in [0, 0.05) is 14.2 Å². The van der Waals surface area contributed by atoms with E-state index in [1.165, 1.54) is 6.20 Å². The first-order valence-corrected chi connectivity index (χ1v) is 7.25. The second kappa shape index (κ2) is 4.68. The molecule has 2 aromatic rings. The monoisotopic (exact) mass is 428 g/mol. The number of benzene rings is 1. The fraction of sp³-hybridized carbons (Fsp3) is 0. The number of amides is 2. The third-order valence-corrected chi connectivity index (χ3v) is 4.14. The van der Waals surface area contributed by atoms with E-state index in [1.807, 2.05) is 12.1 Å². The van der Waals surface area contributed by atoms with Gasteiger partial charge in [-0.1, -0.05) is 0 Å². The molecule has 19 heavy (non-hydrogen) atoms. The van der Waals surface area contributed by atoms with E-state index in [2.05, 4.69) is 43.5 Å². The summed E-state index contributed by atoms with van der Waals surface area (Å²) in [5.74, 6) is -0.723. The quantitative estimate of drug-likeness (QED) is 0.517. The highest BCUT2D eigenvalue weighted by atomic mass is 127. The molecule has 0 fully saturated rings. The lowest BCUT2D eigenvalue weighted by molar-refractivity contribution is 0.0924. The molecule has 1 aliphatic rings. The first kappa shape index (κ1) is 12.7. The molecule has 0 saturated heterocycles. The molecule has 94 valence electrons. The van der Waals surface area contributed by atoms with Crippen LogP contribution in [0.3, 0.4) is 0 Å². The topological polar surface area (TPSA) is 50.3 Å². The Hall–Kier alpha value is -1.28. The van der Waals surface area contributed by atoms with Crippen LogP contribution in [0.4, 0.5) is 5.69 Å². The summed E-state index contributed by atoms with van der Waals surface area (Å²) in [5.41, 5.74) is 1.09. The number of rotatable bonds is 1. The maximum Gasteiger partial charge on any atom is 0.284 e. The van der Waals surface area contributed by atoms with Crippen LogP contribution in [-0.4, -0.2) is 16.8 Å². The largest absolute Gasteiger partial charge is 0.284 e. The summed E-state index contributed by atoms with van der Waals surface area (Å²) in [5, 5.41) is 0. The molecule has 0 unspecified atom stereocenters. The highest BCUT2D eigenvalue weighted by Gasteiger charge is 2.38. The van der Waals surface area contributed by atoms with Crippen molar-refractivity contribution in [2.75, 3.05) is 4.90 Å². The van der Waals surface area contributed by atoms with Gasteiger partial charge in [0.2, 0.25) is 0 Å². The van der Waals surface area contributed by atoms with Crippen molar-refractivity contribution < 1.29 is 9.59 Å². The molecule has 6 heteroatoms. The van der Waals surface area contributed by atoms with Crippen LogP contribution >= 0.6 is 38.5 Å². The first-order valence-electron chi connectivity index (χ1n) is 5.38. The van der Waals surface area contributed by atoms with Crippen LogP contribution in [0.2, 0.25) is 0 Å². The Morgan fingerprint density at radius 1 is 1.16 bits per heavy atom. The van der Waals surface area contributed by atoms with Gasteiger partial charge in [-0.3, -0.25) is 14.6 Å². The Balaban J connectivity index is 2.17. The molecular weight excluding hydrogens is 423 g/mol. The predicted octanol–water partition coefficient (Wildman–Crippen LogP) is 3.25. The Morgan fingerprint density at radius 2 is 1.95 bits per heavy atom. The van der Waals surface area contributed by atoms with Gasteiger partial charge in [0.15, 0.2) is 0 Å². The van der Waals surface area contributed by atoms with Crippen molar-refractivity contribution in [1.82, 2.24) is 4.98 Å². The summed E-state index contributed by atoms with van der Waals surface area (Å²) < 4.78 is 1.64. The zero-order valence-corrected chi connectivity index (χ0v) is 13.2. The van der Waals surface area contributed by atoms with Crippen molar-refractivity contribution in [3.63, 3.8) is 0 Å². The number of pyridine rings is 1. The molecule has 0 bridgehead atoms. The molecule has 0 N–H and O–H groups in total. The molecule has 1 aromatic carbocycles. The van der Waals surface area contributed by atoms with Crippen LogP contribution in [0.5, 0.6) is 0 Å². The Labute approximate surface area is 131 Å². The molecule has 2 amide bonds. The second-order valence-electron chi connectivity index (χ2n) is 3.94. The number of halogens is 2. The third-order valence-electron chi connectivity index (χ3n) is 2.80. The zero-order chi connectivity index (χ0) is 13.6. The van der Waals surface area contributed by atoms with Gasteiger partial charge >= 0.3 is 0 Å². The first-order chi connectivity index (χ1) is 9.09. The van der Waals surface area contributed by atoms with Crippen molar-refractivity contribution in [3.8, 4) is 0 Å². The van der Waals surface area contributed by atoms with Crippen molar-refractivity contribution >= 4 is 56.0 Å². The number of anilines is 1. The van der Waals surface area contributed by atoms with Crippen molar-refractivity contribution in [2.45, 2.75) is 0 Å². The Bertz CT molecular complexity index is 683. The standard InChI is InChI=1S/C13H6BrIN2O2/c14-9-4-3-7(15)6-10(9)17-12(18)8-2-1-5-16-11(8)13(17)19/h1-6H. The van der Waals surface area contributed by atoms with E-state index in [9.17, 15) is 9.59 Å². The van der Waals surface area contributed by atoms with E-state index in [0.29, 0.717) is 15.7 Å². The summed E-state index contributed by atoms with van der Waals surface area (Å²) in [4.78, 5) is 29.7. The number of carbonyl (C=O) groups is 2. The van der Waals surface area contributed by atoms with Gasteiger partial charge in [-0.15, -0.1) is 0 Å². The number of aromatic nitrogens is 1. The molecule has 0 atom stereocenters. The second-order valence-corrected chi connectivity index (χ2v) is 6.04. The van der Waals surface area contributed by atoms with Gasteiger partial charge in [0.05, 0.1) is 11.3 Å². The third kappa shape index (κ3) is 1.99. The van der Waals surface area contributed by atoms with Crippen LogP contribution in [0.1, 0.15) is 20.8 Å². The molecule has 0 spiro atoms. The average molecular weight is 429 g/mol. The van der Waals surface area contributed by atoms with Crippen LogP contribution < -0.4 is 4.90 Å². The lowest BCUT2D eigenvalue weighted by atomic mass is 10.2. The normalized spacial score (nSPS) is 13.9. The van der Waals surface area contributed by atoms with E-state index in [0.717, 1.165) is 8.47 Å².